The van der Waals surface area contributed by atoms with Gasteiger partial charge in [0.25, 0.3) is 0 Å². The normalized spacial score (nSPS) is 32.7. The van der Waals surface area contributed by atoms with Crippen LogP contribution < -0.4 is 0 Å². The molecule has 0 bridgehead atoms. The summed E-state index contributed by atoms with van der Waals surface area (Å²) in [6.07, 6.45) is -1.48. The number of ether oxygens (including phenoxy) is 2. The molecule has 0 aromatic carbocycles. The second kappa shape index (κ2) is 3.66. The molecule has 0 saturated carbocycles. The molecular weight excluding hydrogens is 247 g/mol. The maximum atomic E-state index is 11.9. The molecule has 0 spiro atoms. The topological polar surface area (TPSA) is 72.9 Å². The molecule has 84 valence electrons. The molecule has 0 N–H and O–H groups in total. The Balaban J connectivity index is 2.20. The van der Waals surface area contributed by atoms with E-state index in [1.165, 1.54) is 0 Å². The fraction of sp³-hybridized carbons (Fsp3) is 0.667. The number of halogens is 1. The van der Waals surface area contributed by atoms with E-state index in [1.54, 1.807) is 0 Å². The summed E-state index contributed by atoms with van der Waals surface area (Å²) in [6.45, 7) is 0.571. The van der Waals surface area contributed by atoms with Gasteiger partial charge in [-0.2, -0.15) is 4.79 Å². The number of amides is 2. The minimum Gasteiger partial charge on any atom is -0.447 e. The van der Waals surface area contributed by atoms with Crippen LogP contribution in [0.2, 0.25) is 0 Å². The van der Waals surface area contributed by atoms with Gasteiger partial charge in [-0.05, 0) is 0 Å². The predicted octanol–water partition coefficient (Wildman–Crippen LogP) is 0.949. The van der Waals surface area contributed by atoms with E-state index in [9.17, 15) is 14.2 Å². The number of hydrogen-bond acceptors (Lipinski definition) is 5. The molecule has 0 radical (unpaired) electrons. The summed E-state index contributed by atoms with van der Waals surface area (Å²) in [5, 5.41) is 0. The molecule has 7 nitrogen and oxygen atoms in total. The molecule has 0 aromatic rings. The van der Waals surface area contributed by atoms with Crippen molar-refractivity contribution in [1.29, 1.82) is 0 Å². The smallest absolute Gasteiger partial charge is 0.447 e. The van der Waals surface area contributed by atoms with E-state index in [0.717, 1.165) is 4.67 Å². The highest BCUT2D eigenvalue weighted by molar-refractivity contribution is 7.38. The zero-order valence-electron chi connectivity index (χ0n) is 7.64. The van der Waals surface area contributed by atoms with Crippen LogP contribution >= 0.6 is 19.9 Å². The Hall–Kier alpha value is -0.780. The highest BCUT2D eigenvalue weighted by Crippen LogP contribution is 2.47. The van der Waals surface area contributed by atoms with Crippen molar-refractivity contribution < 1.29 is 27.4 Å². The highest BCUT2D eigenvalue weighted by Gasteiger charge is 2.53. The van der Waals surface area contributed by atoms with Gasteiger partial charge >= 0.3 is 20.3 Å². The summed E-state index contributed by atoms with van der Waals surface area (Å²) in [6, 6.07) is 0. The van der Waals surface area contributed by atoms with Crippen LogP contribution in [0.4, 0.5) is 9.59 Å². The van der Waals surface area contributed by atoms with E-state index < -0.39 is 24.1 Å². The molecule has 15 heavy (non-hydrogen) atoms. The molecular formula is C6H9ClN2O5P+. The minimum atomic E-state index is -2.80. The lowest BCUT2D eigenvalue weighted by Gasteiger charge is -2.20. The Labute approximate surface area is 91.1 Å². The van der Waals surface area contributed by atoms with E-state index in [2.05, 4.69) is 9.47 Å². The van der Waals surface area contributed by atoms with Crippen LogP contribution in [0.3, 0.4) is 0 Å². The van der Waals surface area contributed by atoms with Gasteiger partial charge in [-0.15, -0.1) is 0 Å². The van der Waals surface area contributed by atoms with Gasteiger partial charge < -0.3 is 9.47 Å². The Morgan fingerprint density at radius 3 is 2.53 bits per heavy atom. The van der Waals surface area contributed by atoms with Crippen molar-refractivity contribution in [1.82, 2.24) is 4.67 Å². The van der Waals surface area contributed by atoms with E-state index in [1.807, 2.05) is 0 Å². The quantitative estimate of drug-likeness (QED) is 0.542. The standard InChI is InChI=1S/C6H9ClN2O5P/c7-9(2-4-14-6(9)11)15(12)8-1-3-13-5(8)10/h15H,1-4H2/q+1. The second-order valence-corrected chi connectivity index (χ2v) is 5.83. The first kappa shape index (κ1) is 10.7. The Morgan fingerprint density at radius 2 is 2.07 bits per heavy atom. The van der Waals surface area contributed by atoms with Gasteiger partial charge in [-0.1, -0.05) is 3.77 Å². The molecule has 2 fully saturated rings. The summed E-state index contributed by atoms with van der Waals surface area (Å²) >= 11 is 5.86. The fourth-order valence-corrected chi connectivity index (χ4v) is 3.17. The van der Waals surface area contributed by atoms with Gasteiger partial charge in [0, 0.05) is 0 Å². The van der Waals surface area contributed by atoms with Gasteiger partial charge in [-0.3, -0.25) is 0 Å². The maximum Gasteiger partial charge on any atom is 0.539 e. The molecule has 9 heteroatoms. The highest BCUT2D eigenvalue weighted by atomic mass is 35.5. The Bertz CT molecular complexity index is 350. The lowest BCUT2D eigenvalue weighted by Crippen LogP contribution is -2.36. The van der Waals surface area contributed by atoms with Crippen molar-refractivity contribution in [2.75, 3.05) is 26.3 Å². The van der Waals surface area contributed by atoms with Gasteiger partial charge in [-0.25, -0.2) is 14.0 Å². The van der Waals surface area contributed by atoms with Crippen LogP contribution in [-0.4, -0.2) is 46.9 Å². The number of nitrogens with zero attached hydrogens (tertiary/aromatic N) is 2. The second-order valence-electron chi connectivity index (χ2n) is 3.10. The third kappa shape index (κ3) is 1.60. The first-order valence-electron chi connectivity index (χ1n) is 4.29. The molecule has 2 aliphatic rings. The van der Waals surface area contributed by atoms with Crippen molar-refractivity contribution in [2.24, 2.45) is 0 Å². The average Bonchev–Trinajstić information content (AvgIpc) is 2.75. The first-order valence-corrected chi connectivity index (χ1v) is 5.93. The lowest BCUT2D eigenvalue weighted by atomic mass is 10.7. The van der Waals surface area contributed by atoms with E-state index in [4.69, 9.17) is 11.8 Å². The molecule has 2 atom stereocenters. The number of cyclic esters (lactones) is 2. The number of rotatable bonds is 2. The third-order valence-corrected chi connectivity index (χ3v) is 4.83. The summed E-state index contributed by atoms with van der Waals surface area (Å²) in [5.74, 6) is 0. The van der Waals surface area contributed by atoms with Crippen molar-refractivity contribution >= 4 is 32.1 Å². The minimum absolute atomic E-state index is 0.0992. The Kier molecular flexibility index (Phi) is 2.62. The molecule has 2 aliphatic heterocycles. The molecule has 2 unspecified atom stereocenters. The van der Waals surface area contributed by atoms with Crippen LogP contribution in [-0.2, 0) is 14.0 Å². The van der Waals surface area contributed by atoms with Gasteiger partial charge in [0.1, 0.15) is 19.8 Å². The number of carbonyl (C=O) groups is 2. The van der Waals surface area contributed by atoms with Crippen LogP contribution in [0, 0.1) is 0 Å². The van der Waals surface area contributed by atoms with Gasteiger partial charge in [0.2, 0.25) is 0 Å². The summed E-state index contributed by atoms with van der Waals surface area (Å²) in [7, 11) is -2.80. The monoisotopic (exact) mass is 255 g/mol. The first-order chi connectivity index (χ1) is 7.05. The molecule has 0 aromatic heterocycles. The lowest BCUT2D eigenvalue weighted by molar-refractivity contribution is -0.581. The fourth-order valence-electron chi connectivity index (χ4n) is 1.38. The SMILES string of the molecule is O=C1OCCN1[PH](=O)[N+]1(Cl)CCOC1=O. The van der Waals surface area contributed by atoms with Crippen molar-refractivity contribution in [3.05, 3.63) is 0 Å². The number of quaternary nitrogens is 1. The van der Waals surface area contributed by atoms with E-state index >= 15 is 0 Å². The average molecular weight is 256 g/mol. The van der Waals surface area contributed by atoms with Crippen LogP contribution in [0.15, 0.2) is 0 Å². The largest absolute Gasteiger partial charge is 0.539 e. The van der Waals surface area contributed by atoms with Crippen molar-refractivity contribution in [2.45, 2.75) is 0 Å². The number of hydrogen-bond donors (Lipinski definition) is 0. The molecule has 2 rings (SSSR count). The van der Waals surface area contributed by atoms with E-state index in [0.29, 0.717) is 0 Å². The zero-order chi connectivity index (χ0) is 11.1. The van der Waals surface area contributed by atoms with Crippen molar-refractivity contribution in [3.63, 3.8) is 0 Å². The van der Waals surface area contributed by atoms with Crippen LogP contribution in [0.1, 0.15) is 0 Å². The van der Waals surface area contributed by atoms with Crippen LogP contribution in [0.25, 0.3) is 0 Å². The van der Waals surface area contributed by atoms with Crippen LogP contribution in [0.5, 0.6) is 0 Å². The summed E-state index contributed by atoms with van der Waals surface area (Å²) in [4.78, 5) is 22.4. The Morgan fingerprint density at radius 1 is 1.33 bits per heavy atom. The van der Waals surface area contributed by atoms with Crippen molar-refractivity contribution in [3.8, 4) is 0 Å². The predicted molar refractivity (Wildman–Crippen MR) is 49.4 cm³/mol. The van der Waals surface area contributed by atoms with E-state index in [-0.39, 0.29) is 26.3 Å². The molecule has 0 aliphatic carbocycles. The van der Waals surface area contributed by atoms with Gasteiger partial charge in [0.05, 0.1) is 6.54 Å². The summed E-state index contributed by atoms with van der Waals surface area (Å²) < 4.78 is 21.3. The molecule has 2 amide bonds. The van der Waals surface area contributed by atoms with Gasteiger partial charge in [0.15, 0.2) is 11.8 Å². The third-order valence-electron chi connectivity index (χ3n) is 2.21. The zero-order valence-corrected chi connectivity index (χ0v) is 9.40. The number of carbonyl (C=O) groups excluding carboxylic acids is 2. The summed E-state index contributed by atoms with van der Waals surface area (Å²) in [5.41, 5.74) is 0. The molecule has 2 saturated heterocycles. The molecule has 2 heterocycles. The maximum absolute atomic E-state index is 11.9.